The van der Waals surface area contributed by atoms with Gasteiger partial charge in [0.05, 0.1) is 0 Å². The molecule has 1 N–H and O–H groups in total. The van der Waals surface area contributed by atoms with Gasteiger partial charge in [-0.1, -0.05) is 0 Å². The summed E-state index contributed by atoms with van der Waals surface area (Å²) < 4.78 is 0. The maximum absolute atomic E-state index is 3.58. The molecule has 0 aromatic heterocycles. The number of hydrogen-bond acceptors (Lipinski definition) is 2. The molecule has 0 saturated carbocycles. The van der Waals surface area contributed by atoms with Gasteiger partial charge >= 0.3 is 0 Å². The average Bonchev–Trinajstić information content (AvgIpc) is 2.41. The lowest BCUT2D eigenvalue weighted by Crippen LogP contribution is -2.43. The first-order valence-corrected chi connectivity index (χ1v) is 5.15. The molecule has 2 rings (SSSR count). The molecule has 2 aliphatic rings. The second kappa shape index (κ2) is 3.00. The first-order valence-electron chi connectivity index (χ1n) is 5.15. The predicted molar refractivity (Wildman–Crippen MR) is 51.2 cm³/mol. The largest absolute Gasteiger partial charge is 0.314 e. The van der Waals surface area contributed by atoms with Crippen LogP contribution in [0.25, 0.3) is 0 Å². The zero-order chi connectivity index (χ0) is 8.60. The van der Waals surface area contributed by atoms with Crippen LogP contribution in [0.5, 0.6) is 0 Å². The van der Waals surface area contributed by atoms with Crippen molar-refractivity contribution in [2.75, 3.05) is 26.7 Å². The topological polar surface area (TPSA) is 15.3 Å². The molecule has 2 fully saturated rings. The van der Waals surface area contributed by atoms with Gasteiger partial charge in [-0.15, -0.1) is 0 Å². The van der Waals surface area contributed by atoms with Crippen LogP contribution >= 0.6 is 0 Å². The Morgan fingerprint density at radius 2 is 1.92 bits per heavy atom. The summed E-state index contributed by atoms with van der Waals surface area (Å²) in [4.78, 5) is 2.45. The number of rotatable bonds is 0. The molecule has 0 radical (unpaired) electrons. The number of likely N-dealkylation sites (tertiary alicyclic amines) is 1. The fourth-order valence-electron chi connectivity index (χ4n) is 2.72. The van der Waals surface area contributed by atoms with Gasteiger partial charge in [-0.2, -0.15) is 0 Å². The Bertz CT molecular complexity index is 159. The lowest BCUT2D eigenvalue weighted by molar-refractivity contribution is 0.113. The summed E-state index contributed by atoms with van der Waals surface area (Å²) in [6, 6.07) is 0.756. The molecule has 0 aliphatic carbocycles. The summed E-state index contributed by atoms with van der Waals surface area (Å²) in [5.41, 5.74) is 0.659. The zero-order valence-corrected chi connectivity index (χ0v) is 8.27. The van der Waals surface area contributed by atoms with Gasteiger partial charge < -0.3 is 10.2 Å². The van der Waals surface area contributed by atoms with Crippen LogP contribution in [-0.4, -0.2) is 37.6 Å². The fourth-order valence-corrected chi connectivity index (χ4v) is 2.72. The normalized spacial score (nSPS) is 36.0. The van der Waals surface area contributed by atoms with Gasteiger partial charge in [-0.05, 0) is 58.3 Å². The van der Waals surface area contributed by atoms with E-state index in [0.717, 1.165) is 6.04 Å². The zero-order valence-electron chi connectivity index (χ0n) is 8.27. The molecule has 1 spiro atoms. The Labute approximate surface area is 75.3 Å². The third-order valence-corrected chi connectivity index (χ3v) is 3.97. The highest BCUT2D eigenvalue weighted by atomic mass is 15.1. The van der Waals surface area contributed by atoms with Crippen molar-refractivity contribution in [1.82, 2.24) is 10.2 Å². The fraction of sp³-hybridized carbons (Fsp3) is 1.00. The van der Waals surface area contributed by atoms with Gasteiger partial charge in [0.25, 0.3) is 0 Å². The van der Waals surface area contributed by atoms with Gasteiger partial charge in [-0.25, -0.2) is 0 Å². The molecule has 0 bridgehead atoms. The van der Waals surface area contributed by atoms with Gasteiger partial charge in [0, 0.05) is 6.04 Å². The highest BCUT2D eigenvalue weighted by molar-refractivity contribution is 4.97. The Hall–Kier alpha value is -0.0800. The lowest BCUT2D eigenvalue weighted by Gasteiger charge is -2.40. The molecule has 12 heavy (non-hydrogen) atoms. The third-order valence-electron chi connectivity index (χ3n) is 3.97. The van der Waals surface area contributed by atoms with Crippen LogP contribution in [0.15, 0.2) is 0 Å². The first-order chi connectivity index (χ1) is 5.73. The molecule has 2 heterocycles. The van der Waals surface area contributed by atoms with Crippen molar-refractivity contribution < 1.29 is 0 Å². The Balaban J connectivity index is 2.02. The van der Waals surface area contributed by atoms with Crippen molar-refractivity contribution in [3.8, 4) is 0 Å². The first kappa shape index (κ1) is 8.52. The maximum atomic E-state index is 3.58. The van der Waals surface area contributed by atoms with E-state index in [1.807, 2.05) is 0 Å². The van der Waals surface area contributed by atoms with Crippen LogP contribution in [0.2, 0.25) is 0 Å². The van der Waals surface area contributed by atoms with E-state index in [1.165, 1.54) is 38.9 Å². The molecule has 0 unspecified atom stereocenters. The lowest BCUT2D eigenvalue weighted by atomic mass is 9.73. The minimum absolute atomic E-state index is 0.659. The molecule has 2 heteroatoms. The quantitative estimate of drug-likeness (QED) is 0.582. The maximum Gasteiger partial charge on any atom is 0.00966 e. The summed E-state index contributed by atoms with van der Waals surface area (Å²) >= 11 is 0. The molecule has 2 nitrogen and oxygen atoms in total. The molecule has 1 atom stereocenters. The Kier molecular flexibility index (Phi) is 2.13. The number of piperidine rings is 1. The molecule has 2 aliphatic heterocycles. The number of hydrogen-bond donors (Lipinski definition) is 1. The van der Waals surface area contributed by atoms with E-state index in [0.29, 0.717) is 5.41 Å². The van der Waals surface area contributed by atoms with E-state index < -0.39 is 0 Å². The van der Waals surface area contributed by atoms with E-state index in [1.54, 1.807) is 0 Å². The predicted octanol–water partition coefficient (Wildman–Crippen LogP) is 1.08. The molecule has 0 aromatic carbocycles. The second-order valence-corrected chi connectivity index (χ2v) is 4.59. The van der Waals surface area contributed by atoms with Gasteiger partial charge in [0.15, 0.2) is 0 Å². The van der Waals surface area contributed by atoms with Gasteiger partial charge in [0.1, 0.15) is 0 Å². The van der Waals surface area contributed by atoms with E-state index in [9.17, 15) is 0 Å². The monoisotopic (exact) mass is 168 g/mol. The number of nitrogens with zero attached hydrogens (tertiary/aromatic N) is 1. The summed E-state index contributed by atoms with van der Waals surface area (Å²) in [5, 5.41) is 3.58. The molecular weight excluding hydrogens is 148 g/mol. The van der Waals surface area contributed by atoms with E-state index >= 15 is 0 Å². The van der Waals surface area contributed by atoms with Crippen molar-refractivity contribution in [2.24, 2.45) is 5.41 Å². The highest BCUT2D eigenvalue weighted by Gasteiger charge is 2.41. The van der Waals surface area contributed by atoms with Crippen molar-refractivity contribution in [1.29, 1.82) is 0 Å². The Morgan fingerprint density at radius 1 is 1.25 bits per heavy atom. The van der Waals surface area contributed by atoms with Crippen LogP contribution in [0, 0.1) is 5.41 Å². The van der Waals surface area contributed by atoms with Crippen molar-refractivity contribution >= 4 is 0 Å². The molecule has 70 valence electrons. The number of nitrogens with one attached hydrogen (secondary N) is 1. The van der Waals surface area contributed by atoms with E-state index in [4.69, 9.17) is 0 Å². The van der Waals surface area contributed by atoms with Crippen LogP contribution in [0.3, 0.4) is 0 Å². The summed E-state index contributed by atoms with van der Waals surface area (Å²) in [6.07, 6.45) is 4.21. The van der Waals surface area contributed by atoms with Crippen molar-refractivity contribution in [3.63, 3.8) is 0 Å². The van der Waals surface area contributed by atoms with Crippen LogP contribution in [-0.2, 0) is 0 Å². The SMILES string of the molecule is C[C@@H]1NCCC12CCN(C)CC2. The molecule has 2 saturated heterocycles. The summed E-state index contributed by atoms with van der Waals surface area (Å²) in [7, 11) is 2.24. The molecule has 0 aromatic rings. The van der Waals surface area contributed by atoms with Crippen molar-refractivity contribution in [2.45, 2.75) is 32.2 Å². The average molecular weight is 168 g/mol. The van der Waals surface area contributed by atoms with E-state index in [-0.39, 0.29) is 0 Å². The van der Waals surface area contributed by atoms with Crippen LogP contribution < -0.4 is 5.32 Å². The summed E-state index contributed by atoms with van der Waals surface area (Å²) in [6.45, 7) is 6.20. The minimum Gasteiger partial charge on any atom is -0.314 e. The smallest absolute Gasteiger partial charge is 0.00966 e. The third kappa shape index (κ3) is 1.27. The van der Waals surface area contributed by atoms with Crippen molar-refractivity contribution in [3.05, 3.63) is 0 Å². The van der Waals surface area contributed by atoms with E-state index in [2.05, 4.69) is 24.2 Å². The second-order valence-electron chi connectivity index (χ2n) is 4.59. The van der Waals surface area contributed by atoms with Gasteiger partial charge in [0.2, 0.25) is 0 Å². The minimum atomic E-state index is 0.659. The van der Waals surface area contributed by atoms with Crippen LogP contribution in [0.4, 0.5) is 0 Å². The Morgan fingerprint density at radius 3 is 2.42 bits per heavy atom. The molecular formula is C10H20N2. The van der Waals surface area contributed by atoms with Gasteiger partial charge in [-0.3, -0.25) is 0 Å². The van der Waals surface area contributed by atoms with Crippen LogP contribution in [0.1, 0.15) is 26.2 Å². The molecule has 0 amide bonds. The summed E-state index contributed by atoms with van der Waals surface area (Å²) in [5.74, 6) is 0. The standard InChI is InChI=1S/C10H20N2/c1-9-10(3-6-11-9)4-7-12(2)8-5-10/h9,11H,3-8H2,1-2H3/t9-/m0/s1. The highest BCUT2D eigenvalue weighted by Crippen LogP contribution is 2.40.